The minimum atomic E-state index is -0.440. The highest BCUT2D eigenvalue weighted by Gasteiger charge is 2.35. The predicted octanol–water partition coefficient (Wildman–Crippen LogP) is 2.83. The smallest absolute Gasteiger partial charge is 0.275 e. The maximum Gasteiger partial charge on any atom is 0.275 e. The van der Waals surface area contributed by atoms with Gasteiger partial charge in [0.1, 0.15) is 24.5 Å². The van der Waals surface area contributed by atoms with E-state index in [0.29, 0.717) is 16.5 Å². The van der Waals surface area contributed by atoms with E-state index < -0.39 is 11.8 Å². The number of pyridine rings is 2. The van der Waals surface area contributed by atoms with E-state index in [1.54, 1.807) is 30.5 Å². The van der Waals surface area contributed by atoms with Gasteiger partial charge in [0.2, 0.25) is 0 Å². The van der Waals surface area contributed by atoms with E-state index in [-0.39, 0.29) is 42.4 Å². The fourth-order valence-electron chi connectivity index (χ4n) is 4.03. The number of fused-ring (bicyclic) bond motifs is 2. The number of benzene rings is 2. The highest BCUT2D eigenvalue weighted by atomic mass is 19.1. The Morgan fingerprint density at radius 1 is 1.00 bits per heavy atom. The number of halogens is 1. The van der Waals surface area contributed by atoms with Crippen molar-refractivity contribution in [2.75, 3.05) is 6.54 Å². The molecule has 0 saturated carbocycles. The maximum absolute atomic E-state index is 13.7. The predicted molar refractivity (Wildman–Crippen MR) is 122 cm³/mol. The van der Waals surface area contributed by atoms with Crippen LogP contribution in [0.1, 0.15) is 26.4 Å². The van der Waals surface area contributed by atoms with Gasteiger partial charge in [0.25, 0.3) is 11.8 Å². The average Bonchev–Trinajstić information content (AvgIpc) is 2.86. The summed E-state index contributed by atoms with van der Waals surface area (Å²) in [6.45, 7) is 0.0939. The average molecular weight is 457 g/mol. The zero-order valence-corrected chi connectivity index (χ0v) is 18.0. The number of carbonyl (C=O) groups excluding carboxylic acids is 2. The van der Waals surface area contributed by atoms with Crippen LogP contribution in [0.4, 0.5) is 4.39 Å². The Labute approximate surface area is 193 Å². The lowest BCUT2D eigenvalue weighted by atomic mass is 10.1. The molecule has 0 unspecified atom stereocenters. The van der Waals surface area contributed by atoms with Gasteiger partial charge in [-0.3, -0.25) is 19.1 Å². The SMILES string of the molecule is N/N=c1/c2cccnc2c(OCc2ccccc2)c2n1C(=O)CN(Cc1ccc(F)cc1)C2=O. The molecule has 9 heteroatoms. The van der Waals surface area contributed by atoms with E-state index in [1.807, 2.05) is 30.3 Å². The number of amides is 1. The van der Waals surface area contributed by atoms with Crippen molar-refractivity contribution in [3.63, 3.8) is 0 Å². The Kier molecular flexibility index (Phi) is 5.51. The molecule has 4 aromatic rings. The van der Waals surface area contributed by atoms with Crippen LogP contribution in [0.25, 0.3) is 10.9 Å². The second-order valence-corrected chi connectivity index (χ2v) is 7.82. The zero-order chi connectivity index (χ0) is 23.7. The molecule has 0 fully saturated rings. The summed E-state index contributed by atoms with van der Waals surface area (Å²) in [5.74, 6) is 4.62. The third-order valence-corrected chi connectivity index (χ3v) is 5.61. The molecule has 2 aromatic carbocycles. The summed E-state index contributed by atoms with van der Waals surface area (Å²) < 4.78 is 20.7. The molecular formula is C25H20FN5O3. The number of hydrogen-bond donors (Lipinski definition) is 1. The number of ether oxygens (including phenoxy) is 1. The lowest BCUT2D eigenvalue weighted by Gasteiger charge is -2.30. The summed E-state index contributed by atoms with van der Waals surface area (Å²) in [4.78, 5) is 32.7. The second-order valence-electron chi connectivity index (χ2n) is 7.82. The Morgan fingerprint density at radius 3 is 2.50 bits per heavy atom. The molecule has 0 radical (unpaired) electrons. The number of nitrogens with two attached hydrogens (primary N) is 1. The van der Waals surface area contributed by atoms with E-state index in [0.717, 1.165) is 5.56 Å². The van der Waals surface area contributed by atoms with E-state index in [1.165, 1.54) is 21.6 Å². The number of rotatable bonds is 5. The molecule has 0 bridgehead atoms. The number of nitrogens with zero attached hydrogens (tertiary/aromatic N) is 4. The third kappa shape index (κ3) is 3.77. The van der Waals surface area contributed by atoms with Crippen LogP contribution in [0.5, 0.6) is 5.75 Å². The van der Waals surface area contributed by atoms with Crippen LogP contribution in [0, 0.1) is 5.82 Å². The molecule has 1 aliphatic heterocycles. The normalized spacial score (nSPS) is 13.9. The molecule has 0 spiro atoms. The molecule has 2 N–H and O–H groups in total. The molecular weight excluding hydrogens is 437 g/mol. The van der Waals surface area contributed by atoms with Crippen LogP contribution in [0.3, 0.4) is 0 Å². The fourth-order valence-corrected chi connectivity index (χ4v) is 4.03. The van der Waals surface area contributed by atoms with Crippen molar-refractivity contribution in [1.29, 1.82) is 0 Å². The van der Waals surface area contributed by atoms with Crippen molar-refractivity contribution in [2.45, 2.75) is 13.2 Å². The number of aromatic nitrogens is 2. The van der Waals surface area contributed by atoms with Crippen LogP contribution in [-0.2, 0) is 13.2 Å². The van der Waals surface area contributed by atoms with Gasteiger partial charge < -0.3 is 15.5 Å². The van der Waals surface area contributed by atoms with Gasteiger partial charge in [0.15, 0.2) is 16.9 Å². The second kappa shape index (κ2) is 8.78. The minimum Gasteiger partial charge on any atom is -0.484 e. The van der Waals surface area contributed by atoms with Gasteiger partial charge in [-0.25, -0.2) is 4.39 Å². The first kappa shape index (κ1) is 21.3. The summed E-state index contributed by atoms with van der Waals surface area (Å²) >= 11 is 0. The topological polar surface area (TPSA) is 103 Å². The van der Waals surface area contributed by atoms with E-state index in [2.05, 4.69) is 10.1 Å². The first-order chi connectivity index (χ1) is 16.6. The molecule has 0 atom stereocenters. The highest BCUT2D eigenvalue weighted by Crippen LogP contribution is 2.30. The van der Waals surface area contributed by atoms with Crippen LogP contribution in [-0.4, -0.2) is 32.8 Å². The van der Waals surface area contributed by atoms with Crippen LogP contribution < -0.4 is 16.1 Å². The van der Waals surface area contributed by atoms with Crippen molar-refractivity contribution in [3.8, 4) is 5.75 Å². The van der Waals surface area contributed by atoms with E-state index in [9.17, 15) is 14.0 Å². The van der Waals surface area contributed by atoms with Crippen molar-refractivity contribution in [1.82, 2.24) is 14.5 Å². The Hall–Kier alpha value is -4.53. The molecule has 34 heavy (non-hydrogen) atoms. The summed E-state index contributed by atoms with van der Waals surface area (Å²) in [6.07, 6.45) is 1.57. The van der Waals surface area contributed by atoms with Gasteiger partial charge in [-0.15, -0.1) is 0 Å². The molecule has 8 nitrogen and oxygen atoms in total. The molecule has 170 valence electrons. The molecule has 5 rings (SSSR count). The van der Waals surface area contributed by atoms with Gasteiger partial charge in [0.05, 0.1) is 0 Å². The maximum atomic E-state index is 13.7. The molecule has 0 aliphatic carbocycles. The Morgan fingerprint density at radius 2 is 1.76 bits per heavy atom. The highest BCUT2D eigenvalue weighted by molar-refractivity contribution is 6.08. The van der Waals surface area contributed by atoms with Crippen molar-refractivity contribution >= 4 is 22.7 Å². The van der Waals surface area contributed by atoms with Crippen LogP contribution >= 0.6 is 0 Å². The van der Waals surface area contributed by atoms with E-state index in [4.69, 9.17) is 10.6 Å². The van der Waals surface area contributed by atoms with Gasteiger partial charge in [-0.2, -0.15) is 5.10 Å². The molecule has 1 amide bonds. The summed E-state index contributed by atoms with van der Waals surface area (Å²) in [5, 5.41) is 4.30. The Balaban J connectivity index is 1.65. The summed E-state index contributed by atoms with van der Waals surface area (Å²) in [7, 11) is 0. The Bertz CT molecular complexity index is 1470. The molecule has 0 saturated heterocycles. The van der Waals surface area contributed by atoms with Crippen LogP contribution in [0.15, 0.2) is 78.0 Å². The summed E-state index contributed by atoms with van der Waals surface area (Å²) in [5.41, 5.74) is 2.08. The quantitative estimate of drug-likeness (QED) is 0.367. The number of hydrogen-bond acceptors (Lipinski definition) is 6. The fraction of sp³-hybridized carbons (Fsp3) is 0.120. The summed E-state index contributed by atoms with van der Waals surface area (Å²) in [6, 6.07) is 18.6. The van der Waals surface area contributed by atoms with Gasteiger partial charge >= 0.3 is 0 Å². The van der Waals surface area contributed by atoms with Crippen molar-refractivity contribution < 1.29 is 18.7 Å². The largest absolute Gasteiger partial charge is 0.484 e. The van der Waals surface area contributed by atoms with Gasteiger partial charge in [-0.05, 0) is 35.4 Å². The standard InChI is InChI=1S/C25H20FN5O3/c26-18-10-8-16(9-11-18)13-30-14-20(32)31-22(25(30)33)23(34-15-17-5-2-1-3-6-17)21-19(24(31)29-27)7-4-12-28-21/h1-12H,13-15,27H2/b29-24-. The first-order valence-electron chi connectivity index (χ1n) is 10.6. The molecule has 2 aromatic heterocycles. The third-order valence-electron chi connectivity index (χ3n) is 5.61. The van der Waals surface area contributed by atoms with Gasteiger partial charge in [0, 0.05) is 18.1 Å². The lowest BCUT2D eigenvalue weighted by molar-refractivity contribution is 0.0596. The minimum absolute atomic E-state index is 0.00435. The first-order valence-corrected chi connectivity index (χ1v) is 10.6. The molecule has 3 heterocycles. The lowest BCUT2D eigenvalue weighted by Crippen LogP contribution is -2.49. The van der Waals surface area contributed by atoms with Crippen molar-refractivity contribution in [3.05, 3.63) is 101 Å². The van der Waals surface area contributed by atoms with Crippen LogP contribution in [0.2, 0.25) is 0 Å². The van der Waals surface area contributed by atoms with E-state index >= 15 is 0 Å². The van der Waals surface area contributed by atoms with Crippen molar-refractivity contribution in [2.24, 2.45) is 10.9 Å². The zero-order valence-electron chi connectivity index (χ0n) is 18.0. The molecule has 1 aliphatic rings. The number of carbonyl (C=O) groups is 2. The van der Waals surface area contributed by atoms with Gasteiger partial charge in [-0.1, -0.05) is 42.5 Å². The monoisotopic (exact) mass is 457 g/mol.